The van der Waals surface area contributed by atoms with Gasteiger partial charge >= 0.3 is 11.7 Å². The zero-order valence-electron chi connectivity index (χ0n) is 14.3. The molecule has 2 aromatic rings. The van der Waals surface area contributed by atoms with E-state index < -0.39 is 29.2 Å². The lowest BCUT2D eigenvalue weighted by Gasteiger charge is -2.16. The van der Waals surface area contributed by atoms with Crippen LogP contribution in [0.2, 0.25) is 0 Å². The Bertz CT molecular complexity index is 907. The largest absolute Gasteiger partial charge is 0.480 e. The minimum absolute atomic E-state index is 0.00749. The van der Waals surface area contributed by atoms with Crippen molar-refractivity contribution in [1.29, 1.82) is 0 Å². The normalized spacial score (nSPS) is 12.5. The molecule has 0 aliphatic heterocycles. The summed E-state index contributed by atoms with van der Waals surface area (Å²) in [6.45, 7) is 3.75. The third kappa shape index (κ3) is 4.34. The van der Waals surface area contributed by atoms with Crippen molar-refractivity contribution in [2.24, 2.45) is 13.0 Å². The first kappa shape index (κ1) is 18.4. The maximum absolute atomic E-state index is 12.0. The van der Waals surface area contributed by atoms with Crippen molar-refractivity contribution in [2.45, 2.75) is 39.2 Å². The smallest absolute Gasteiger partial charge is 0.329 e. The Morgan fingerprint density at radius 2 is 1.96 bits per heavy atom. The number of carboxylic acids is 1. The number of carbonyl (C=O) groups excluding carboxylic acids is 1. The summed E-state index contributed by atoms with van der Waals surface area (Å²) in [6, 6.07) is -0.938. The SMILES string of the molecule is CC(C)C[C@H](NC(=O)CCc1nc2c([nH]1)c(=O)[nH]c(=O)n2C)C(=O)O. The van der Waals surface area contributed by atoms with E-state index in [-0.39, 0.29) is 29.9 Å². The molecule has 0 spiro atoms. The summed E-state index contributed by atoms with van der Waals surface area (Å²) < 4.78 is 1.19. The summed E-state index contributed by atoms with van der Waals surface area (Å²) in [5.74, 6) is -0.999. The molecule has 0 fully saturated rings. The van der Waals surface area contributed by atoms with Gasteiger partial charge in [0.15, 0.2) is 5.65 Å². The van der Waals surface area contributed by atoms with Crippen molar-refractivity contribution in [3.63, 3.8) is 0 Å². The molecule has 0 radical (unpaired) electrons. The number of rotatable bonds is 7. The van der Waals surface area contributed by atoms with Gasteiger partial charge in [-0.15, -0.1) is 0 Å². The van der Waals surface area contributed by atoms with Crippen LogP contribution in [0.25, 0.3) is 11.2 Å². The van der Waals surface area contributed by atoms with Crippen LogP contribution in [0.15, 0.2) is 9.59 Å². The van der Waals surface area contributed by atoms with E-state index in [1.54, 1.807) is 0 Å². The van der Waals surface area contributed by atoms with Crippen LogP contribution in [0.4, 0.5) is 0 Å². The van der Waals surface area contributed by atoms with Gasteiger partial charge in [0, 0.05) is 19.9 Å². The number of carbonyl (C=O) groups is 2. The van der Waals surface area contributed by atoms with Crippen molar-refractivity contribution in [3.05, 3.63) is 26.7 Å². The number of fused-ring (bicyclic) bond motifs is 1. The number of imidazole rings is 1. The van der Waals surface area contributed by atoms with E-state index in [1.165, 1.54) is 11.6 Å². The van der Waals surface area contributed by atoms with E-state index >= 15 is 0 Å². The molecule has 0 aromatic carbocycles. The molecular formula is C15H21N5O5. The van der Waals surface area contributed by atoms with Gasteiger partial charge in [0.1, 0.15) is 17.4 Å². The number of H-pyrrole nitrogens is 2. The number of aliphatic carboxylic acids is 1. The molecule has 0 aliphatic carbocycles. The zero-order chi connectivity index (χ0) is 18.7. The van der Waals surface area contributed by atoms with Crippen LogP contribution in [0.5, 0.6) is 0 Å². The number of hydrogen-bond acceptors (Lipinski definition) is 5. The number of aromatic nitrogens is 4. The van der Waals surface area contributed by atoms with Gasteiger partial charge in [0.2, 0.25) is 5.91 Å². The minimum atomic E-state index is -1.08. The number of carboxylic acid groups (broad SMARTS) is 1. The van der Waals surface area contributed by atoms with Gasteiger partial charge < -0.3 is 15.4 Å². The Hall–Kier alpha value is -2.91. The van der Waals surface area contributed by atoms with Gasteiger partial charge in [0.25, 0.3) is 5.56 Å². The van der Waals surface area contributed by atoms with Crippen LogP contribution in [-0.4, -0.2) is 42.5 Å². The molecule has 0 saturated heterocycles. The molecule has 136 valence electrons. The molecule has 10 heteroatoms. The van der Waals surface area contributed by atoms with Gasteiger partial charge in [-0.3, -0.25) is 19.1 Å². The monoisotopic (exact) mass is 351 g/mol. The van der Waals surface area contributed by atoms with E-state index in [1.807, 2.05) is 13.8 Å². The second-order valence-electron chi connectivity index (χ2n) is 6.29. The third-order valence-electron chi connectivity index (χ3n) is 3.73. The molecule has 1 atom stereocenters. The second-order valence-corrected chi connectivity index (χ2v) is 6.29. The zero-order valence-corrected chi connectivity index (χ0v) is 14.3. The number of amides is 1. The Kier molecular flexibility index (Phi) is 5.40. The summed E-state index contributed by atoms with van der Waals surface area (Å²) in [5.41, 5.74) is -0.802. The molecule has 2 rings (SSSR count). The lowest BCUT2D eigenvalue weighted by atomic mass is 10.0. The van der Waals surface area contributed by atoms with E-state index in [0.717, 1.165) is 0 Å². The number of nitrogens with zero attached hydrogens (tertiary/aromatic N) is 2. The first-order valence-corrected chi connectivity index (χ1v) is 7.89. The summed E-state index contributed by atoms with van der Waals surface area (Å²) in [4.78, 5) is 55.5. The number of aryl methyl sites for hydroxylation is 2. The second kappa shape index (κ2) is 7.32. The first-order chi connectivity index (χ1) is 11.7. The number of hydrogen-bond donors (Lipinski definition) is 4. The van der Waals surface area contributed by atoms with E-state index in [9.17, 15) is 19.2 Å². The van der Waals surface area contributed by atoms with Crippen molar-refractivity contribution in [1.82, 2.24) is 24.8 Å². The van der Waals surface area contributed by atoms with Crippen LogP contribution in [0, 0.1) is 5.92 Å². The topological polar surface area (TPSA) is 150 Å². The van der Waals surface area contributed by atoms with E-state index in [0.29, 0.717) is 12.2 Å². The quantitative estimate of drug-likeness (QED) is 0.528. The fourth-order valence-corrected chi connectivity index (χ4v) is 2.46. The van der Waals surface area contributed by atoms with Crippen LogP contribution in [0.3, 0.4) is 0 Å². The van der Waals surface area contributed by atoms with Crippen LogP contribution in [-0.2, 0) is 23.1 Å². The molecule has 25 heavy (non-hydrogen) atoms. The predicted octanol–water partition coefficient (Wildman–Crippen LogP) is -0.502. The maximum Gasteiger partial charge on any atom is 0.329 e. The molecule has 1 amide bonds. The Balaban J connectivity index is 2.07. The maximum atomic E-state index is 12.0. The minimum Gasteiger partial charge on any atom is -0.480 e. The van der Waals surface area contributed by atoms with Crippen LogP contribution >= 0.6 is 0 Å². The summed E-state index contributed by atoms with van der Waals surface area (Å²) >= 11 is 0. The first-order valence-electron chi connectivity index (χ1n) is 7.89. The summed E-state index contributed by atoms with van der Waals surface area (Å²) in [5, 5.41) is 11.6. The van der Waals surface area contributed by atoms with Crippen molar-refractivity contribution >= 4 is 23.0 Å². The Labute approximate surface area is 142 Å². The molecule has 0 bridgehead atoms. The van der Waals surface area contributed by atoms with Crippen molar-refractivity contribution < 1.29 is 14.7 Å². The van der Waals surface area contributed by atoms with Gasteiger partial charge in [-0.2, -0.15) is 0 Å². The van der Waals surface area contributed by atoms with Crippen LogP contribution < -0.4 is 16.6 Å². The molecule has 0 aliphatic rings. The highest BCUT2D eigenvalue weighted by molar-refractivity contribution is 5.83. The van der Waals surface area contributed by atoms with Crippen molar-refractivity contribution in [3.8, 4) is 0 Å². The average molecular weight is 351 g/mol. The third-order valence-corrected chi connectivity index (χ3v) is 3.73. The average Bonchev–Trinajstić information content (AvgIpc) is 2.94. The molecular weight excluding hydrogens is 330 g/mol. The van der Waals surface area contributed by atoms with Gasteiger partial charge in [-0.05, 0) is 12.3 Å². The molecule has 2 heterocycles. The predicted molar refractivity (Wildman–Crippen MR) is 89.3 cm³/mol. The summed E-state index contributed by atoms with van der Waals surface area (Å²) in [6.07, 6.45) is 0.527. The fourth-order valence-electron chi connectivity index (χ4n) is 2.46. The standard InChI is InChI=1S/C15H21N5O5/c1-7(2)6-8(14(23)24)16-10(21)5-4-9-17-11-12(18-9)20(3)15(25)19-13(11)22/h7-8H,4-6H2,1-3H3,(H,16,21)(H,17,18)(H,23,24)(H,19,22,25)/t8-/m0/s1. The van der Waals surface area contributed by atoms with Crippen molar-refractivity contribution in [2.75, 3.05) is 0 Å². The molecule has 2 aromatic heterocycles. The van der Waals surface area contributed by atoms with Gasteiger partial charge in [-0.25, -0.2) is 14.6 Å². The molecule has 0 saturated carbocycles. The lowest BCUT2D eigenvalue weighted by molar-refractivity contribution is -0.142. The Morgan fingerprint density at radius 3 is 2.56 bits per heavy atom. The highest BCUT2D eigenvalue weighted by Crippen LogP contribution is 2.08. The van der Waals surface area contributed by atoms with E-state index in [4.69, 9.17) is 5.11 Å². The molecule has 10 nitrogen and oxygen atoms in total. The number of aromatic amines is 2. The van der Waals surface area contributed by atoms with Crippen LogP contribution in [0.1, 0.15) is 32.5 Å². The van der Waals surface area contributed by atoms with E-state index in [2.05, 4.69) is 20.3 Å². The lowest BCUT2D eigenvalue weighted by Crippen LogP contribution is -2.41. The van der Waals surface area contributed by atoms with Gasteiger partial charge in [0.05, 0.1) is 0 Å². The van der Waals surface area contributed by atoms with Gasteiger partial charge in [-0.1, -0.05) is 13.8 Å². The fraction of sp³-hybridized carbons (Fsp3) is 0.533. The molecule has 0 unspecified atom stereocenters. The highest BCUT2D eigenvalue weighted by Gasteiger charge is 2.21. The highest BCUT2D eigenvalue weighted by atomic mass is 16.4. The molecule has 4 N–H and O–H groups in total. The Morgan fingerprint density at radius 1 is 1.28 bits per heavy atom. The number of nitrogens with one attached hydrogen (secondary N) is 3. The summed E-state index contributed by atoms with van der Waals surface area (Å²) in [7, 11) is 1.47.